The van der Waals surface area contributed by atoms with Crippen LogP contribution in [0, 0.1) is 10.5 Å². The van der Waals surface area contributed by atoms with E-state index in [-0.39, 0.29) is 0 Å². The lowest BCUT2D eigenvalue weighted by Gasteiger charge is -2.13. The first-order chi connectivity index (χ1) is 9.69. The third-order valence-electron chi connectivity index (χ3n) is 3.79. The summed E-state index contributed by atoms with van der Waals surface area (Å²) < 4.78 is 1.13. The molecular weight excluding hydrogens is 361 g/mol. The smallest absolute Gasteiger partial charge is 0.143 e. The summed E-state index contributed by atoms with van der Waals surface area (Å²) in [6.07, 6.45) is 2.11. The molecule has 1 heterocycles. The summed E-state index contributed by atoms with van der Waals surface area (Å²) in [6, 6.07) is 8.68. The van der Waals surface area contributed by atoms with Crippen molar-refractivity contribution in [1.82, 2.24) is 9.97 Å². The maximum Gasteiger partial charge on any atom is 0.143 e. The second-order valence-corrected chi connectivity index (χ2v) is 6.31. The fraction of sp³-hybridized carbons (Fsp3) is 0.375. The highest BCUT2D eigenvalue weighted by Gasteiger charge is 2.25. The van der Waals surface area contributed by atoms with E-state index in [0.717, 1.165) is 40.3 Å². The number of nitrogens with zero attached hydrogens (tertiary/aromatic N) is 2. The summed E-state index contributed by atoms with van der Waals surface area (Å²) in [5.74, 6) is 2.38. The minimum atomic E-state index is 0.417. The minimum absolute atomic E-state index is 0.417. The average molecular weight is 379 g/mol. The van der Waals surface area contributed by atoms with Crippen LogP contribution in [0.5, 0.6) is 0 Å². The average Bonchev–Trinajstić information content (AvgIpc) is 2.87. The standard InChI is InChI=1S/C16H18IN3/c1-3-18-16-14(17)10(2)19-15(20-16)13-8-11-6-4-5-7-12(11)9-13/h4-7,13H,3,8-9H2,1-2H3,(H,18,19,20). The molecule has 20 heavy (non-hydrogen) atoms. The van der Waals surface area contributed by atoms with Crippen molar-refractivity contribution in [3.05, 3.63) is 50.5 Å². The molecule has 1 aliphatic carbocycles. The lowest BCUT2D eigenvalue weighted by Crippen LogP contribution is -2.11. The van der Waals surface area contributed by atoms with E-state index in [4.69, 9.17) is 9.97 Å². The summed E-state index contributed by atoms with van der Waals surface area (Å²) in [5, 5.41) is 3.34. The van der Waals surface area contributed by atoms with Crippen molar-refractivity contribution in [3.63, 3.8) is 0 Å². The third kappa shape index (κ3) is 2.53. The van der Waals surface area contributed by atoms with Crippen molar-refractivity contribution in [2.24, 2.45) is 0 Å². The minimum Gasteiger partial charge on any atom is -0.369 e. The Hall–Kier alpha value is -1.17. The zero-order chi connectivity index (χ0) is 14.1. The molecule has 0 fully saturated rings. The molecule has 4 heteroatoms. The highest BCUT2D eigenvalue weighted by Crippen LogP contribution is 2.33. The maximum absolute atomic E-state index is 4.76. The highest BCUT2D eigenvalue weighted by atomic mass is 127. The summed E-state index contributed by atoms with van der Waals surface area (Å²) in [6.45, 7) is 5.05. The molecule has 0 unspecified atom stereocenters. The lowest BCUT2D eigenvalue weighted by atomic mass is 10.1. The molecule has 0 radical (unpaired) electrons. The molecule has 1 aromatic heterocycles. The molecule has 0 spiro atoms. The first kappa shape index (κ1) is 13.8. The van der Waals surface area contributed by atoms with Gasteiger partial charge in [0.1, 0.15) is 11.6 Å². The molecule has 1 aromatic carbocycles. The van der Waals surface area contributed by atoms with Gasteiger partial charge in [0.2, 0.25) is 0 Å². The van der Waals surface area contributed by atoms with Crippen LogP contribution in [0.3, 0.4) is 0 Å². The summed E-state index contributed by atoms with van der Waals surface area (Å²) >= 11 is 2.32. The van der Waals surface area contributed by atoms with E-state index >= 15 is 0 Å². The first-order valence-electron chi connectivity index (χ1n) is 7.03. The fourth-order valence-corrected chi connectivity index (χ4v) is 3.22. The van der Waals surface area contributed by atoms with E-state index in [9.17, 15) is 0 Å². The van der Waals surface area contributed by atoms with Crippen molar-refractivity contribution in [3.8, 4) is 0 Å². The number of hydrogen-bond acceptors (Lipinski definition) is 3. The van der Waals surface area contributed by atoms with E-state index in [0.29, 0.717) is 5.92 Å². The second kappa shape index (κ2) is 5.68. The van der Waals surface area contributed by atoms with Crippen LogP contribution in [-0.2, 0) is 12.8 Å². The Labute approximate surface area is 133 Å². The van der Waals surface area contributed by atoms with Crippen LogP contribution in [0.15, 0.2) is 24.3 Å². The van der Waals surface area contributed by atoms with Crippen molar-refractivity contribution < 1.29 is 0 Å². The van der Waals surface area contributed by atoms with Gasteiger partial charge in [-0.2, -0.15) is 0 Å². The highest BCUT2D eigenvalue weighted by molar-refractivity contribution is 14.1. The van der Waals surface area contributed by atoms with Gasteiger partial charge in [-0.3, -0.25) is 0 Å². The zero-order valence-corrected chi connectivity index (χ0v) is 13.9. The number of fused-ring (bicyclic) bond motifs is 1. The molecule has 1 N–H and O–H groups in total. The number of aryl methyl sites for hydroxylation is 1. The van der Waals surface area contributed by atoms with E-state index in [1.165, 1.54) is 11.1 Å². The third-order valence-corrected chi connectivity index (χ3v) is 5.09. The van der Waals surface area contributed by atoms with Crippen molar-refractivity contribution in [2.75, 3.05) is 11.9 Å². The molecule has 3 rings (SSSR count). The Morgan fingerprint density at radius 1 is 1.20 bits per heavy atom. The summed E-state index contributed by atoms with van der Waals surface area (Å²) in [4.78, 5) is 9.48. The molecule has 0 aliphatic heterocycles. The maximum atomic E-state index is 4.76. The monoisotopic (exact) mass is 379 g/mol. The molecule has 104 valence electrons. The van der Waals surface area contributed by atoms with Crippen LogP contribution in [0.4, 0.5) is 5.82 Å². The zero-order valence-electron chi connectivity index (χ0n) is 11.8. The van der Waals surface area contributed by atoms with Crippen molar-refractivity contribution in [1.29, 1.82) is 0 Å². The number of anilines is 1. The SMILES string of the molecule is CCNc1nc(C2Cc3ccccc3C2)nc(C)c1I. The van der Waals surface area contributed by atoms with Gasteiger partial charge in [-0.05, 0) is 60.4 Å². The van der Waals surface area contributed by atoms with Crippen molar-refractivity contribution >= 4 is 28.4 Å². The van der Waals surface area contributed by atoms with Crippen LogP contribution in [0.1, 0.15) is 35.5 Å². The quantitative estimate of drug-likeness (QED) is 0.827. The van der Waals surface area contributed by atoms with E-state index in [1.807, 2.05) is 0 Å². The molecule has 1 aliphatic rings. The topological polar surface area (TPSA) is 37.8 Å². The first-order valence-corrected chi connectivity index (χ1v) is 8.11. The Kier molecular flexibility index (Phi) is 3.92. The molecule has 2 aromatic rings. The Bertz CT molecular complexity index is 615. The van der Waals surface area contributed by atoms with Gasteiger partial charge in [-0.15, -0.1) is 0 Å². The van der Waals surface area contributed by atoms with Crippen LogP contribution in [-0.4, -0.2) is 16.5 Å². The number of aromatic nitrogens is 2. The van der Waals surface area contributed by atoms with Crippen LogP contribution >= 0.6 is 22.6 Å². The van der Waals surface area contributed by atoms with Crippen LogP contribution in [0.2, 0.25) is 0 Å². The Morgan fingerprint density at radius 3 is 2.45 bits per heavy atom. The number of hydrogen-bond donors (Lipinski definition) is 1. The molecule has 3 nitrogen and oxygen atoms in total. The Balaban J connectivity index is 1.93. The summed E-state index contributed by atoms with van der Waals surface area (Å²) in [7, 11) is 0. The predicted octanol–water partition coefficient (Wildman–Crippen LogP) is 3.70. The van der Waals surface area contributed by atoms with Gasteiger partial charge in [0.25, 0.3) is 0 Å². The van der Waals surface area contributed by atoms with E-state index in [1.54, 1.807) is 0 Å². The lowest BCUT2D eigenvalue weighted by molar-refractivity contribution is 0.677. The molecule has 0 saturated heterocycles. The molecule has 0 amide bonds. The largest absolute Gasteiger partial charge is 0.369 e. The van der Waals surface area contributed by atoms with Gasteiger partial charge in [-0.1, -0.05) is 24.3 Å². The van der Waals surface area contributed by atoms with Crippen molar-refractivity contribution in [2.45, 2.75) is 32.6 Å². The number of rotatable bonds is 3. The van der Waals surface area contributed by atoms with Gasteiger partial charge >= 0.3 is 0 Å². The van der Waals surface area contributed by atoms with Gasteiger partial charge in [0.15, 0.2) is 0 Å². The van der Waals surface area contributed by atoms with Gasteiger partial charge in [0, 0.05) is 12.5 Å². The van der Waals surface area contributed by atoms with Crippen LogP contribution < -0.4 is 5.32 Å². The number of nitrogens with one attached hydrogen (secondary N) is 1. The molecule has 0 saturated carbocycles. The normalized spacial score (nSPS) is 14.3. The van der Waals surface area contributed by atoms with Crippen LogP contribution in [0.25, 0.3) is 0 Å². The second-order valence-electron chi connectivity index (χ2n) is 5.23. The summed E-state index contributed by atoms with van der Waals surface area (Å²) in [5.41, 5.74) is 3.96. The van der Waals surface area contributed by atoms with Gasteiger partial charge < -0.3 is 5.32 Å². The molecular formula is C16H18IN3. The van der Waals surface area contributed by atoms with E-state index in [2.05, 4.69) is 66.0 Å². The number of halogens is 1. The van der Waals surface area contributed by atoms with Gasteiger partial charge in [0.05, 0.1) is 9.26 Å². The fourth-order valence-electron chi connectivity index (χ4n) is 2.79. The number of benzene rings is 1. The molecule has 0 atom stereocenters. The predicted molar refractivity (Wildman–Crippen MR) is 90.2 cm³/mol. The van der Waals surface area contributed by atoms with Gasteiger partial charge in [-0.25, -0.2) is 9.97 Å². The Morgan fingerprint density at radius 2 is 1.85 bits per heavy atom. The molecule has 0 bridgehead atoms. The van der Waals surface area contributed by atoms with E-state index < -0.39 is 0 Å².